The number of nitrogens with one attached hydrogen (secondary N) is 2. The zero-order valence-electron chi connectivity index (χ0n) is 11.4. The van der Waals surface area contributed by atoms with Crippen molar-refractivity contribution in [3.63, 3.8) is 0 Å². The van der Waals surface area contributed by atoms with E-state index in [-0.39, 0.29) is 5.56 Å². The van der Waals surface area contributed by atoms with Crippen LogP contribution in [0.5, 0.6) is 0 Å². The number of hydrogen-bond donors (Lipinski definition) is 2. The molecule has 2 heterocycles. The van der Waals surface area contributed by atoms with Crippen LogP contribution in [0.3, 0.4) is 0 Å². The number of aromatic amines is 2. The summed E-state index contributed by atoms with van der Waals surface area (Å²) in [6.07, 6.45) is 5.05. The summed E-state index contributed by atoms with van der Waals surface area (Å²) in [6, 6.07) is 8.24. The molecule has 0 bridgehead atoms. The minimum atomic E-state index is -0.137. The highest BCUT2D eigenvalue weighted by Crippen LogP contribution is 2.21. The van der Waals surface area contributed by atoms with Crippen molar-refractivity contribution in [1.82, 2.24) is 14.5 Å². The van der Waals surface area contributed by atoms with Crippen molar-refractivity contribution in [3.05, 3.63) is 57.2 Å². The second kappa shape index (κ2) is 4.89. The van der Waals surface area contributed by atoms with Crippen molar-refractivity contribution in [1.29, 1.82) is 0 Å². The van der Waals surface area contributed by atoms with Crippen molar-refractivity contribution in [2.24, 2.45) is 0 Å². The summed E-state index contributed by atoms with van der Waals surface area (Å²) in [6.45, 7) is 6.83. The Morgan fingerprint density at radius 3 is 2.80 bits per heavy atom. The fourth-order valence-electron chi connectivity index (χ4n) is 2.53. The van der Waals surface area contributed by atoms with Gasteiger partial charge >= 0.3 is 0 Å². The Labute approximate surface area is 116 Å². The minimum Gasteiger partial charge on any atom is -0.347 e. The molecule has 0 spiro atoms. The van der Waals surface area contributed by atoms with Gasteiger partial charge in [-0.25, -0.2) is 0 Å². The van der Waals surface area contributed by atoms with E-state index < -0.39 is 0 Å². The van der Waals surface area contributed by atoms with E-state index in [9.17, 15) is 4.79 Å². The number of para-hydroxylation sites is 1. The molecule has 0 saturated carbocycles. The SMILES string of the molecule is C=c1[nH]c(=O)/c(=C\c2cn(CCC)c3ccccc23)[nH]1. The summed E-state index contributed by atoms with van der Waals surface area (Å²) in [7, 11) is 0. The molecule has 4 nitrogen and oxygen atoms in total. The third-order valence-electron chi connectivity index (χ3n) is 3.38. The van der Waals surface area contributed by atoms with Crippen molar-refractivity contribution < 1.29 is 0 Å². The van der Waals surface area contributed by atoms with Gasteiger partial charge in [-0.1, -0.05) is 31.7 Å². The van der Waals surface area contributed by atoms with Gasteiger partial charge in [-0.15, -0.1) is 0 Å². The number of H-pyrrole nitrogens is 2. The zero-order chi connectivity index (χ0) is 14.1. The number of hydrogen-bond acceptors (Lipinski definition) is 1. The van der Waals surface area contributed by atoms with Crippen LogP contribution in [0, 0.1) is 0 Å². The smallest absolute Gasteiger partial charge is 0.273 e. The fourth-order valence-corrected chi connectivity index (χ4v) is 2.53. The van der Waals surface area contributed by atoms with E-state index in [1.54, 1.807) is 0 Å². The number of benzene rings is 1. The maximum absolute atomic E-state index is 11.7. The number of imidazole rings is 1. The molecule has 0 radical (unpaired) electrons. The van der Waals surface area contributed by atoms with Crippen LogP contribution in [0.15, 0.2) is 35.3 Å². The number of rotatable bonds is 3. The molecular formula is C16H17N3O. The molecule has 102 valence electrons. The molecule has 3 rings (SSSR count). The molecule has 3 aromatic rings. The molecule has 0 aliphatic rings. The molecule has 0 amide bonds. The lowest BCUT2D eigenvalue weighted by atomic mass is 10.1. The first-order valence-corrected chi connectivity index (χ1v) is 6.76. The van der Waals surface area contributed by atoms with E-state index in [0.29, 0.717) is 10.8 Å². The van der Waals surface area contributed by atoms with Crippen molar-refractivity contribution in [2.45, 2.75) is 19.9 Å². The Morgan fingerprint density at radius 1 is 1.30 bits per heavy atom. The van der Waals surface area contributed by atoms with Gasteiger partial charge in [0.05, 0.1) is 0 Å². The third kappa shape index (κ3) is 2.09. The predicted octanol–water partition coefficient (Wildman–Crippen LogP) is 1.31. The van der Waals surface area contributed by atoms with Gasteiger partial charge in [0.15, 0.2) is 0 Å². The van der Waals surface area contributed by atoms with Crippen LogP contribution in [0.1, 0.15) is 18.9 Å². The summed E-state index contributed by atoms with van der Waals surface area (Å²) in [5, 5.41) is 1.69. The van der Waals surface area contributed by atoms with E-state index in [4.69, 9.17) is 0 Å². The van der Waals surface area contributed by atoms with Crippen LogP contribution < -0.4 is 16.4 Å². The summed E-state index contributed by atoms with van der Waals surface area (Å²) >= 11 is 0. The standard InChI is InChI=1S/C16H17N3O/c1-3-8-19-10-12(13-6-4-5-7-15(13)19)9-14-16(20)18-11(2)17-14/h4-7,9-10,17H,2-3,8H2,1H3,(H,18,20)/b14-9+. The van der Waals surface area contributed by atoms with Crippen LogP contribution in [-0.4, -0.2) is 14.5 Å². The van der Waals surface area contributed by atoms with E-state index in [2.05, 4.69) is 46.4 Å². The van der Waals surface area contributed by atoms with Gasteiger partial charge in [-0.2, -0.15) is 0 Å². The number of aromatic nitrogens is 3. The maximum Gasteiger partial charge on any atom is 0.273 e. The Balaban J connectivity index is 2.27. The normalized spacial score (nSPS) is 12.3. The maximum atomic E-state index is 11.7. The van der Waals surface area contributed by atoms with Gasteiger partial charge in [0.2, 0.25) is 0 Å². The van der Waals surface area contributed by atoms with Crippen LogP contribution in [0.4, 0.5) is 0 Å². The van der Waals surface area contributed by atoms with Crippen molar-refractivity contribution in [2.75, 3.05) is 0 Å². The summed E-state index contributed by atoms with van der Waals surface area (Å²) in [5.74, 6) is 0. The van der Waals surface area contributed by atoms with Gasteiger partial charge in [0, 0.05) is 29.2 Å². The highest BCUT2D eigenvalue weighted by Gasteiger charge is 2.05. The van der Waals surface area contributed by atoms with E-state index in [1.807, 2.05) is 18.2 Å². The first kappa shape index (κ1) is 12.5. The minimum absolute atomic E-state index is 0.137. The van der Waals surface area contributed by atoms with Crippen molar-refractivity contribution >= 4 is 23.6 Å². The zero-order valence-corrected chi connectivity index (χ0v) is 11.4. The molecule has 0 unspecified atom stereocenters. The molecular weight excluding hydrogens is 250 g/mol. The monoisotopic (exact) mass is 267 g/mol. The molecule has 0 atom stereocenters. The molecule has 0 saturated heterocycles. The molecule has 0 fully saturated rings. The van der Waals surface area contributed by atoms with E-state index in [1.165, 1.54) is 5.52 Å². The van der Waals surface area contributed by atoms with Gasteiger partial charge in [-0.05, 0) is 18.6 Å². The van der Waals surface area contributed by atoms with Crippen LogP contribution >= 0.6 is 0 Å². The van der Waals surface area contributed by atoms with Crippen LogP contribution in [0.25, 0.3) is 23.6 Å². The summed E-state index contributed by atoms with van der Waals surface area (Å²) < 4.78 is 2.23. The molecule has 1 aromatic carbocycles. The second-order valence-electron chi connectivity index (χ2n) is 4.91. The first-order chi connectivity index (χ1) is 9.69. The quantitative estimate of drug-likeness (QED) is 0.738. The highest BCUT2D eigenvalue weighted by atomic mass is 16.1. The van der Waals surface area contributed by atoms with Gasteiger partial charge in [0.25, 0.3) is 5.56 Å². The summed E-state index contributed by atoms with van der Waals surface area (Å²) in [4.78, 5) is 17.4. The third-order valence-corrected chi connectivity index (χ3v) is 3.38. The molecule has 2 N–H and O–H groups in total. The van der Waals surface area contributed by atoms with Gasteiger partial charge in [0.1, 0.15) is 10.8 Å². The van der Waals surface area contributed by atoms with Crippen LogP contribution in [-0.2, 0) is 6.54 Å². The Hall–Kier alpha value is -2.49. The lowest BCUT2D eigenvalue weighted by Gasteiger charge is -2.01. The molecule has 0 aliphatic carbocycles. The topological polar surface area (TPSA) is 53.6 Å². The lowest BCUT2D eigenvalue weighted by Crippen LogP contribution is -2.22. The van der Waals surface area contributed by atoms with Crippen molar-refractivity contribution in [3.8, 4) is 0 Å². The first-order valence-electron chi connectivity index (χ1n) is 6.76. The van der Waals surface area contributed by atoms with Gasteiger partial charge < -0.3 is 14.5 Å². The van der Waals surface area contributed by atoms with Crippen LogP contribution in [0.2, 0.25) is 0 Å². The largest absolute Gasteiger partial charge is 0.347 e. The van der Waals surface area contributed by atoms with Gasteiger partial charge in [-0.3, -0.25) is 4.79 Å². The second-order valence-corrected chi connectivity index (χ2v) is 4.91. The predicted molar refractivity (Wildman–Crippen MR) is 82.0 cm³/mol. The average molecular weight is 267 g/mol. The highest BCUT2D eigenvalue weighted by molar-refractivity contribution is 5.89. The Kier molecular flexibility index (Phi) is 3.06. The fraction of sp³-hybridized carbons (Fsp3) is 0.188. The Morgan fingerprint density at radius 2 is 2.10 bits per heavy atom. The van der Waals surface area contributed by atoms with E-state index >= 15 is 0 Å². The molecule has 4 heteroatoms. The number of fused-ring (bicyclic) bond motifs is 1. The Bertz CT molecular complexity index is 911. The summed E-state index contributed by atoms with van der Waals surface area (Å²) in [5.41, 5.74) is 2.63. The average Bonchev–Trinajstić information content (AvgIpc) is 2.93. The lowest BCUT2D eigenvalue weighted by molar-refractivity contribution is 0.703. The molecule has 20 heavy (non-hydrogen) atoms. The molecule has 2 aromatic heterocycles. The molecule has 0 aliphatic heterocycles. The number of aryl methyl sites for hydroxylation is 1. The number of nitrogens with zero attached hydrogens (tertiary/aromatic N) is 1. The van der Waals surface area contributed by atoms with E-state index in [0.717, 1.165) is 23.9 Å².